The van der Waals surface area contributed by atoms with E-state index in [1.807, 2.05) is 6.07 Å². The molecule has 5 rings (SSSR count). The number of nitrogens with zero attached hydrogens (tertiary/aromatic N) is 2. The van der Waals surface area contributed by atoms with E-state index in [1.54, 1.807) is 36.5 Å². The molecule has 1 aliphatic heterocycles. The highest BCUT2D eigenvalue weighted by Crippen LogP contribution is 2.38. The van der Waals surface area contributed by atoms with Crippen LogP contribution in [-0.2, 0) is 4.79 Å². The molecule has 1 aromatic heterocycles. The van der Waals surface area contributed by atoms with Gasteiger partial charge in [-0.1, -0.05) is 44.2 Å². The highest BCUT2D eigenvalue weighted by Gasteiger charge is 2.45. The first-order valence-corrected chi connectivity index (χ1v) is 14.0. The van der Waals surface area contributed by atoms with Crippen LogP contribution in [0.25, 0.3) is 11.3 Å². The molecule has 200 valence electrons. The summed E-state index contributed by atoms with van der Waals surface area (Å²) in [7, 11) is 0. The molecule has 0 bridgehead atoms. The van der Waals surface area contributed by atoms with Gasteiger partial charge in [-0.05, 0) is 70.8 Å². The van der Waals surface area contributed by atoms with Crippen molar-refractivity contribution < 1.29 is 23.8 Å². The predicted octanol–water partition coefficient (Wildman–Crippen LogP) is 5.50. The number of imide groups is 1. The van der Waals surface area contributed by atoms with Gasteiger partial charge < -0.3 is 20.1 Å². The Morgan fingerprint density at radius 3 is 2.61 bits per heavy atom. The van der Waals surface area contributed by atoms with Crippen LogP contribution in [-0.4, -0.2) is 45.1 Å². The van der Waals surface area contributed by atoms with Crippen molar-refractivity contribution in [2.45, 2.75) is 50.6 Å². The molecule has 2 fully saturated rings. The number of carbonyl (C=O) groups excluding carboxylic acids is 2. The van der Waals surface area contributed by atoms with E-state index < -0.39 is 18.1 Å². The summed E-state index contributed by atoms with van der Waals surface area (Å²) >= 11 is 2.06. The Morgan fingerprint density at radius 1 is 1.13 bits per heavy atom. The van der Waals surface area contributed by atoms with E-state index >= 15 is 0 Å². The molecule has 0 spiro atoms. The zero-order chi connectivity index (χ0) is 26.6. The number of halogens is 2. The van der Waals surface area contributed by atoms with Crippen molar-refractivity contribution >= 4 is 34.5 Å². The average molecular weight is 632 g/mol. The number of aliphatic hydroxyl groups is 1. The maximum Gasteiger partial charge on any atom is 0.325 e. The molecular formula is C28H30FIN4O4. The first kappa shape index (κ1) is 26.6. The summed E-state index contributed by atoms with van der Waals surface area (Å²) in [5, 5.41) is 11.8. The first-order valence-electron chi connectivity index (χ1n) is 12.9. The molecule has 10 heteroatoms. The van der Waals surface area contributed by atoms with Crippen LogP contribution in [0.3, 0.4) is 0 Å². The van der Waals surface area contributed by atoms with Crippen molar-refractivity contribution in [1.82, 2.24) is 20.2 Å². The lowest BCUT2D eigenvalue weighted by atomic mass is 9.84. The molecule has 1 aliphatic carbocycles. The number of aromatic amines is 1. The van der Waals surface area contributed by atoms with E-state index in [4.69, 9.17) is 9.84 Å². The van der Waals surface area contributed by atoms with Crippen molar-refractivity contribution in [1.29, 1.82) is 0 Å². The van der Waals surface area contributed by atoms with Gasteiger partial charge in [-0.3, -0.25) is 9.69 Å². The van der Waals surface area contributed by atoms with Crippen LogP contribution in [0.15, 0.2) is 48.7 Å². The van der Waals surface area contributed by atoms with Gasteiger partial charge in [-0.15, -0.1) is 0 Å². The lowest BCUT2D eigenvalue weighted by Crippen LogP contribution is -2.37. The Hall–Kier alpha value is -2.99. The predicted molar refractivity (Wildman–Crippen MR) is 148 cm³/mol. The zero-order valence-electron chi connectivity index (χ0n) is 20.8. The Balaban J connectivity index is 1.43. The van der Waals surface area contributed by atoms with Gasteiger partial charge in [-0.25, -0.2) is 14.2 Å². The van der Waals surface area contributed by atoms with Gasteiger partial charge in [0.25, 0.3) is 5.91 Å². The number of H-pyrrole nitrogens is 1. The number of imidazole rings is 1. The molecule has 1 unspecified atom stereocenters. The molecule has 38 heavy (non-hydrogen) atoms. The van der Waals surface area contributed by atoms with Crippen molar-refractivity contribution in [3.05, 3.63) is 69.4 Å². The first-order chi connectivity index (χ1) is 18.4. The van der Waals surface area contributed by atoms with Crippen LogP contribution < -0.4 is 10.1 Å². The van der Waals surface area contributed by atoms with Gasteiger partial charge in [0.05, 0.1) is 24.5 Å². The molecule has 2 aromatic carbocycles. The van der Waals surface area contributed by atoms with Crippen LogP contribution in [0.5, 0.6) is 5.75 Å². The highest BCUT2D eigenvalue weighted by molar-refractivity contribution is 14.1. The highest BCUT2D eigenvalue weighted by atomic mass is 127. The Kier molecular flexibility index (Phi) is 8.27. The number of amides is 3. The van der Waals surface area contributed by atoms with Gasteiger partial charge in [-0.2, -0.15) is 0 Å². The third kappa shape index (κ3) is 5.70. The van der Waals surface area contributed by atoms with Gasteiger partial charge in [0.1, 0.15) is 30.0 Å². The number of rotatable bonds is 9. The Morgan fingerprint density at radius 2 is 1.89 bits per heavy atom. The molecule has 2 atom stereocenters. The summed E-state index contributed by atoms with van der Waals surface area (Å²) in [5.74, 6) is 0.688. The molecule has 0 radical (unpaired) electrons. The molecule has 8 nitrogen and oxygen atoms in total. The summed E-state index contributed by atoms with van der Waals surface area (Å²) in [5.41, 5.74) is 1.53. The van der Waals surface area contributed by atoms with E-state index in [2.05, 4.69) is 37.9 Å². The lowest BCUT2D eigenvalue weighted by molar-refractivity contribution is -0.129. The second-order valence-electron chi connectivity index (χ2n) is 9.79. The molecule has 2 heterocycles. The third-order valence-electron chi connectivity index (χ3n) is 7.27. The van der Waals surface area contributed by atoms with Gasteiger partial charge in [0.15, 0.2) is 0 Å². The van der Waals surface area contributed by atoms with E-state index in [1.165, 1.54) is 17.4 Å². The number of carbonyl (C=O) groups is 2. The van der Waals surface area contributed by atoms with E-state index in [0.717, 1.165) is 29.3 Å². The minimum atomic E-state index is -0.827. The van der Waals surface area contributed by atoms with Crippen molar-refractivity contribution in [3.63, 3.8) is 0 Å². The Bertz CT molecular complexity index is 1290. The van der Waals surface area contributed by atoms with Crippen molar-refractivity contribution in [2.75, 3.05) is 13.2 Å². The normalized spacial score (nSPS) is 19.0. The van der Waals surface area contributed by atoms with Crippen molar-refractivity contribution in [2.24, 2.45) is 5.92 Å². The average Bonchev–Trinajstić information content (AvgIpc) is 3.51. The number of benzene rings is 2. The maximum absolute atomic E-state index is 14.7. The fraction of sp³-hybridized carbons (Fsp3) is 0.393. The summed E-state index contributed by atoms with van der Waals surface area (Å²) in [6.07, 6.45) is 7.69. The Labute approximate surface area is 234 Å². The second-order valence-corrected chi connectivity index (χ2v) is 11.0. The second kappa shape index (κ2) is 11.8. The van der Waals surface area contributed by atoms with Crippen LogP contribution >= 0.6 is 22.6 Å². The smallest absolute Gasteiger partial charge is 0.325 e. The van der Waals surface area contributed by atoms with E-state index in [-0.39, 0.29) is 24.9 Å². The van der Waals surface area contributed by atoms with Gasteiger partial charge >= 0.3 is 6.03 Å². The quantitative estimate of drug-likeness (QED) is 0.214. The number of hydrogen-bond donors (Lipinski definition) is 3. The standard InChI is InChI=1S/C28H30FIN4O4/c29-22-15-19(30)8-11-21(22)23-16-31-26(32-23)24(14-17-4-2-1-3-5-17)34-27(36)25(33-28(34)37)18-6-9-20(10-7-18)38-13-12-35/h6-11,15-17,24-25,35H,1-5,12-14H2,(H,31,32)(H,33,37)/t24-,25?/m0/s1. The SMILES string of the molecule is O=C1NC(c2ccc(OCCO)cc2)C(=O)N1[C@@H](CC1CCCCC1)c1ncc(-c2ccc(I)cc2F)[nH]1. The molecule has 3 amide bonds. The zero-order valence-corrected chi connectivity index (χ0v) is 23.0. The monoisotopic (exact) mass is 632 g/mol. The molecule has 1 saturated carbocycles. The number of aliphatic hydroxyl groups excluding tert-OH is 1. The third-order valence-corrected chi connectivity index (χ3v) is 7.94. The molecule has 1 saturated heterocycles. The number of hydrogen-bond acceptors (Lipinski definition) is 5. The molecular weight excluding hydrogens is 602 g/mol. The minimum absolute atomic E-state index is 0.0963. The van der Waals surface area contributed by atoms with Crippen molar-refractivity contribution in [3.8, 4) is 17.0 Å². The lowest BCUT2D eigenvalue weighted by Gasteiger charge is -2.30. The summed E-state index contributed by atoms with van der Waals surface area (Å²) in [6, 6.07) is 9.97. The van der Waals surface area contributed by atoms with Crippen LogP contribution in [0.1, 0.15) is 62.0 Å². The number of aromatic nitrogens is 2. The largest absolute Gasteiger partial charge is 0.491 e. The summed E-state index contributed by atoms with van der Waals surface area (Å²) in [6.45, 7) is 0.0767. The molecule has 3 aromatic rings. The summed E-state index contributed by atoms with van der Waals surface area (Å²) < 4.78 is 20.9. The fourth-order valence-corrected chi connectivity index (χ4v) is 5.82. The summed E-state index contributed by atoms with van der Waals surface area (Å²) in [4.78, 5) is 35.9. The van der Waals surface area contributed by atoms with E-state index in [0.29, 0.717) is 40.7 Å². The topological polar surface area (TPSA) is 108 Å². The molecule has 3 N–H and O–H groups in total. The van der Waals surface area contributed by atoms with Gasteiger partial charge in [0, 0.05) is 9.13 Å². The number of nitrogens with one attached hydrogen (secondary N) is 2. The van der Waals surface area contributed by atoms with Crippen LogP contribution in [0.4, 0.5) is 9.18 Å². The fourth-order valence-electron chi connectivity index (χ4n) is 5.36. The maximum atomic E-state index is 14.7. The number of urea groups is 1. The minimum Gasteiger partial charge on any atom is -0.491 e. The van der Waals surface area contributed by atoms with E-state index in [9.17, 15) is 14.0 Å². The van der Waals surface area contributed by atoms with Crippen LogP contribution in [0, 0.1) is 15.3 Å². The van der Waals surface area contributed by atoms with Gasteiger partial charge in [0.2, 0.25) is 0 Å². The number of ether oxygens (including phenoxy) is 1. The van der Waals surface area contributed by atoms with Crippen LogP contribution in [0.2, 0.25) is 0 Å². The molecule has 2 aliphatic rings.